The normalized spacial score (nSPS) is 33.4. The van der Waals surface area contributed by atoms with Crippen molar-refractivity contribution in [2.45, 2.75) is 69.9 Å². The third-order valence-electron chi connectivity index (χ3n) is 7.82. The number of fused-ring (bicyclic) bond motifs is 3. The number of likely N-dealkylation sites (tertiary alicyclic amines) is 1. The largest absolute Gasteiger partial charge is 0.431 e. The van der Waals surface area contributed by atoms with Gasteiger partial charge in [0, 0.05) is 48.0 Å². The van der Waals surface area contributed by atoms with E-state index in [2.05, 4.69) is 39.2 Å². The maximum absolute atomic E-state index is 12.7. The standard InChI is InChI=1S/C23H29F2N5O2/c1-11(2)30-19(7-18(28-30)12-3-20(32-23(24)25)22(26)27-8-12)21-16-5-13(6-17(16)21)29-9-15-4-14(29)10-31-15/h3,7-8,11,13-17,21,23H,4-6,9-10H2,1-2H3,(H2,26,27)/t13-,14-,15-,16+,17-,21-/m0/s1. The monoisotopic (exact) mass is 445 g/mol. The minimum absolute atomic E-state index is 0.0543. The molecule has 0 radical (unpaired) electrons. The summed E-state index contributed by atoms with van der Waals surface area (Å²) in [5, 5.41) is 4.81. The molecule has 0 unspecified atom stereocenters. The summed E-state index contributed by atoms with van der Waals surface area (Å²) in [6.07, 6.45) is 5.70. The Hall–Kier alpha value is -2.26. The van der Waals surface area contributed by atoms with Crippen molar-refractivity contribution in [2.75, 3.05) is 18.9 Å². The first-order chi connectivity index (χ1) is 15.4. The number of pyridine rings is 1. The second-order valence-corrected chi connectivity index (χ2v) is 10.00. The van der Waals surface area contributed by atoms with Gasteiger partial charge in [-0.3, -0.25) is 9.58 Å². The van der Waals surface area contributed by atoms with E-state index in [1.807, 2.05) is 0 Å². The van der Waals surface area contributed by atoms with Crippen LogP contribution in [0, 0.1) is 11.8 Å². The van der Waals surface area contributed by atoms with E-state index in [4.69, 9.17) is 15.6 Å². The van der Waals surface area contributed by atoms with Gasteiger partial charge in [-0.1, -0.05) is 0 Å². The van der Waals surface area contributed by atoms with Crippen molar-refractivity contribution < 1.29 is 18.3 Å². The van der Waals surface area contributed by atoms with Gasteiger partial charge in [0.15, 0.2) is 11.6 Å². The number of hydrogen-bond donors (Lipinski definition) is 1. The van der Waals surface area contributed by atoms with Crippen molar-refractivity contribution in [3.05, 3.63) is 24.0 Å². The van der Waals surface area contributed by atoms with Crippen LogP contribution in [0.15, 0.2) is 18.3 Å². The Kier molecular flexibility index (Phi) is 4.69. The smallest absolute Gasteiger partial charge is 0.387 e. The minimum Gasteiger partial charge on any atom is -0.431 e. The van der Waals surface area contributed by atoms with Crippen LogP contribution in [0.5, 0.6) is 5.75 Å². The summed E-state index contributed by atoms with van der Waals surface area (Å²) < 4.78 is 37.8. The van der Waals surface area contributed by atoms with Crippen molar-refractivity contribution in [3.8, 4) is 17.0 Å². The number of hydrogen-bond acceptors (Lipinski definition) is 6. The van der Waals surface area contributed by atoms with Crippen LogP contribution in [0.25, 0.3) is 11.3 Å². The maximum Gasteiger partial charge on any atom is 0.387 e. The Morgan fingerprint density at radius 3 is 2.56 bits per heavy atom. The molecule has 4 fully saturated rings. The lowest BCUT2D eigenvalue weighted by Gasteiger charge is -2.33. The molecule has 0 amide bonds. The molecule has 7 nitrogen and oxygen atoms in total. The van der Waals surface area contributed by atoms with Gasteiger partial charge in [0.05, 0.1) is 18.4 Å². The van der Waals surface area contributed by atoms with Crippen molar-refractivity contribution in [1.29, 1.82) is 0 Å². The van der Waals surface area contributed by atoms with Crippen molar-refractivity contribution in [1.82, 2.24) is 19.7 Å². The van der Waals surface area contributed by atoms with Crippen molar-refractivity contribution in [2.24, 2.45) is 11.8 Å². The number of morpholine rings is 1. The molecule has 9 heteroatoms. The van der Waals surface area contributed by atoms with Gasteiger partial charge in [-0.25, -0.2) is 4.98 Å². The molecule has 32 heavy (non-hydrogen) atoms. The lowest BCUT2D eigenvalue weighted by atomic mass is 10.0. The highest BCUT2D eigenvalue weighted by Gasteiger charge is 2.60. The van der Waals surface area contributed by atoms with E-state index >= 15 is 0 Å². The average molecular weight is 446 g/mol. The highest BCUT2D eigenvalue weighted by Crippen LogP contribution is 2.64. The number of ether oxygens (including phenoxy) is 2. The minimum atomic E-state index is -2.95. The number of nitrogens with zero attached hydrogens (tertiary/aromatic N) is 4. The molecule has 6 atom stereocenters. The molecular weight excluding hydrogens is 416 g/mol. The predicted molar refractivity (Wildman–Crippen MR) is 114 cm³/mol. The summed E-state index contributed by atoms with van der Waals surface area (Å²) in [6.45, 7) is 3.29. The van der Waals surface area contributed by atoms with Gasteiger partial charge < -0.3 is 15.2 Å². The SMILES string of the molecule is CC(C)n1nc(-c2cnc(N)c(OC(F)F)c2)cc1[C@H]1[C@@H]2C[C@H](N3C[C@@H]4C[C@H]3CO4)C[C@@H]21. The third-order valence-corrected chi connectivity index (χ3v) is 7.82. The molecule has 172 valence electrons. The van der Waals surface area contributed by atoms with Gasteiger partial charge >= 0.3 is 6.61 Å². The van der Waals surface area contributed by atoms with E-state index in [0.29, 0.717) is 41.5 Å². The third kappa shape index (κ3) is 3.28. The van der Waals surface area contributed by atoms with Gasteiger partial charge in [0.25, 0.3) is 0 Å². The summed E-state index contributed by atoms with van der Waals surface area (Å²) >= 11 is 0. The second kappa shape index (κ2) is 7.38. The molecule has 2 aliphatic heterocycles. The number of rotatable bonds is 6. The average Bonchev–Trinajstić information content (AvgIpc) is 3.33. The summed E-state index contributed by atoms with van der Waals surface area (Å²) in [7, 11) is 0. The topological polar surface area (TPSA) is 78.4 Å². The molecule has 2 aliphatic carbocycles. The fourth-order valence-electron chi connectivity index (χ4n) is 6.40. The number of nitrogen functional groups attached to an aromatic ring is 1. The molecule has 2 N–H and O–H groups in total. The first-order valence-electron chi connectivity index (χ1n) is 11.6. The van der Waals surface area contributed by atoms with Crippen LogP contribution < -0.4 is 10.5 Å². The Bertz CT molecular complexity index is 1020. The quantitative estimate of drug-likeness (QED) is 0.731. The van der Waals surface area contributed by atoms with Crippen LogP contribution in [0.2, 0.25) is 0 Å². The summed E-state index contributed by atoms with van der Waals surface area (Å²) in [4.78, 5) is 6.74. The van der Waals surface area contributed by atoms with Crippen LogP contribution in [0.4, 0.5) is 14.6 Å². The van der Waals surface area contributed by atoms with E-state index in [-0.39, 0.29) is 17.6 Å². The Balaban J connectivity index is 1.22. The summed E-state index contributed by atoms with van der Waals surface area (Å²) in [5.41, 5.74) is 8.29. The molecule has 2 saturated carbocycles. The van der Waals surface area contributed by atoms with Crippen LogP contribution in [0.1, 0.15) is 50.8 Å². The molecule has 2 aromatic heterocycles. The number of alkyl halides is 2. The second-order valence-electron chi connectivity index (χ2n) is 10.00. The van der Waals surface area contributed by atoms with Gasteiger partial charge in [0.2, 0.25) is 0 Å². The molecular formula is C23H29F2N5O2. The predicted octanol–water partition coefficient (Wildman–Crippen LogP) is 3.67. The van der Waals surface area contributed by atoms with Gasteiger partial charge in [-0.05, 0) is 57.1 Å². The molecule has 0 spiro atoms. The molecule has 2 aromatic rings. The lowest BCUT2D eigenvalue weighted by molar-refractivity contribution is -0.0494. The lowest BCUT2D eigenvalue weighted by Crippen LogP contribution is -2.43. The van der Waals surface area contributed by atoms with E-state index in [1.165, 1.54) is 31.0 Å². The molecule has 4 heterocycles. The summed E-state index contributed by atoms with van der Waals surface area (Å²) in [6, 6.07) is 5.12. The fraction of sp³-hybridized carbons (Fsp3) is 0.652. The molecule has 6 rings (SSSR count). The van der Waals surface area contributed by atoms with E-state index < -0.39 is 6.61 Å². The van der Waals surface area contributed by atoms with Gasteiger partial charge in [-0.2, -0.15) is 13.9 Å². The molecule has 4 aliphatic rings. The number of nitrogens with two attached hydrogens (primary N) is 1. The van der Waals surface area contributed by atoms with Crippen LogP contribution in [-0.2, 0) is 4.74 Å². The maximum atomic E-state index is 12.7. The highest BCUT2D eigenvalue weighted by molar-refractivity contribution is 5.64. The zero-order valence-electron chi connectivity index (χ0n) is 18.3. The van der Waals surface area contributed by atoms with Crippen molar-refractivity contribution >= 4 is 5.82 Å². The van der Waals surface area contributed by atoms with Crippen LogP contribution >= 0.6 is 0 Å². The summed E-state index contributed by atoms with van der Waals surface area (Å²) in [5.74, 6) is 1.74. The Labute approximate surface area is 185 Å². The van der Waals surface area contributed by atoms with Gasteiger partial charge in [0.1, 0.15) is 0 Å². The number of aromatic nitrogens is 3. The van der Waals surface area contributed by atoms with E-state index in [9.17, 15) is 8.78 Å². The van der Waals surface area contributed by atoms with Crippen molar-refractivity contribution in [3.63, 3.8) is 0 Å². The zero-order valence-corrected chi connectivity index (χ0v) is 18.3. The molecule has 2 bridgehead atoms. The van der Waals surface area contributed by atoms with Crippen LogP contribution in [0.3, 0.4) is 0 Å². The first kappa shape index (κ1) is 20.4. The van der Waals surface area contributed by atoms with E-state index in [0.717, 1.165) is 18.8 Å². The molecule has 2 saturated heterocycles. The number of halogens is 2. The van der Waals surface area contributed by atoms with Crippen LogP contribution in [-0.4, -0.2) is 57.6 Å². The fourth-order valence-corrected chi connectivity index (χ4v) is 6.40. The Morgan fingerprint density at radius 1 is 1.16 bits per heavy atom. The highest BCUT2D eigenvalue weighted by atomic mass is 19.3. The zero-order chi connectivity index (χ0) is 22.1. The van der Waals surface area contributed by atoms with E-state index in [1.54, 1.807) is 6.20 Å². The molecule has 0 aromatic carbocycles. The van der Waals surface area contributed by atoms with Gasteiger partial charge in [-0.15, -0.1) is 0 Å². The Morgan fingerprint density at radius 2 is 1.94 bits per heavy atom. The first-order valence-corrected chi connectivity index (χ1v) is 11.6. The number of anilines is 1.